The maximum Gasteiger partial charge on any atom is 0.249 e. The number of amides is 1. The molecule has 1 fully saturated rings. The lowest BCUT2D eigenvalue weighted by Crippen LogP contribution is -2.60. The highest BCUT2D eigenvalue weighted by atomic mass is 16.7. The first-order valence-electron chi connectivity index (χ1n) is 31.6. The highest BCUT2D eigenvalue weighted by Gasteiger charge is 2.44. The monoisotopic (exact) mass is 1040 g/mol. The third-order valence-electron chi connectivity index (χ3n) is 15.6. The fourth-order valence-electron chi connectivity index (χ4n) is 10.4. The molecular weight excluding hydrogens is 919 g/mol. The van der Waals surface area contributed by atoms with E-state index in [0.717, 1.165) is 38.5 Å². The Labute approximate surface area is 449 Å². The Morgan fingerprint density at radius 2 is 0.808 bits per heavy atom. The van der Waals surface area contributed by atoms with Crippen molar-refractivity contribution in [2.75, 3.05) is 13.2 Å². The number of rotatable bonds is 55. The molecule has 0 aromatic carbocycles. The number of nitrogens with one attached hydrogen (secondary N) is 1. The van der Waals surface area contributed by atoms with Crippen molar-refractivity contribution >= 4 is 5.91 Å². The van der Waals surface area contributed by atoms with Gasteiger partial charge in [-0.3, -0.25) is 4.79 Å². The van der Waals surface area contributed by atoms with E-state index in [0.29, 0.717) is 12.8 Å². The average molecular weight is 1040 g/mol. The molecule has 1 aliphatic heterocycles. The molecule has 1 rings (SSSR count). The average Bonchev–Trinajstić information content (AvgIpc) is 3.39. The lowest BCUT2D eigenvalue weighted by Gasteiger charge is -2.40. The van der Waals surface area contributed by atoms with Gasteiger partial charge in [-0.15, -0.1) is 0 Å². The second-order valence-electron chi connectivity index (χ2n) is 22.5. The molecule has 73 heavy (non-hydrogen) atoms. The molecule has 1 amide bonds. The van der Waals surface area contributed by atoms with Crippen molar-refractivity contribution in [2.24, 2.45) is 0 Å². The van der Waals surface area contributed by atoms with E-state index in [1.54, 1.807) is 0 Å². The lowest BCUT2D eigenvalue weighted by molar-refractivity contribution is -0.303. The van der Waals surface area contributed by atoms with Crippen LogP contribution in [0.25, 0.3) is 0 Å². The Morgan fingerprint density at radius 3 is 1.18 bits per heavy atom. The van der Waals surface area contributed by atoms with Crippen molar-refractivity contribution in [3.8, 4) is 0 Å². The van der Waals surface area contributed by atoms with Crippen LogP contribution in [0.5, 0.6) is 0 Å². The molecule has 434 valence electrons. The Bertz CT molecular complexity index is 1190. The smallest absolute Gasteiger partial charge is 0.249 e. The van der Waals surface area contributed by atoms with Crippen molar-refractivity contribution < 1.29 is 50.0 Å². The quantitative estimate of drug-likeness (QED) is 0.0215. The van der Waals surface area contributed by atoms with Crippen LogP contribution in [0.2, 0.25) is 0 Å². The van der Waals surface area contributed by atoms with E-state index < -0.39 is 74.2 Å². The van der Waals surface area contributed by atoms with E-state index >= 15 is 0 Å². The van der Waals surface area contributed by atoms with Gasteiger partial charge in [-0.1, -0.05) is 283 Å². The van der Waals surface area contributed by atoms with Crippen molar-refractivity contribution in [3.05, 3.63) is 12.2 Å². The minimum Gasteiger partial charge on any atom is -0.394 e. The lowest BCUT2D eigenvalue weighted by atomic mass is 9.98. The normalized spacial score (nSPS) is 19.9. The molecule has 8 N–H and O–H groups in total. The second kappa shape index (κ2) is 51.6. The summed E-state index contributed by atoms with van der Waals surface area (Å²) in [5, 5.41) is 76.2. The molecule has 0 aromatic rings. The molecule has 1 aliphatic rings. The summed E-state index contributed by atoms with van der Waals surface area (Å²) >= 11 is 0. The summed E-state index contributed by atoms with van der Waals surface area (Å²) in [5.74, 6) is -0.700. The summed E-state index contributed by atoms with van der Waals surface area (Å²) in [5.41, 5.74) is 0. The molecule has 9 atom stereocenters. The number of aliphatic hydroxyl groups excluding tert-OH is 7. The molecule has 0 aromatic heterocycles. The molecule has 0 saturated carbocycles. The molecule has 0 radical (unpaired) electrons. The molecule has 0 aliphatic carbocycles. The molecular formula is C62H121NO10. The van der Waals surface area contributed by atoms with Crippen molar-refractivity contribution in [1.29, 1.82) is 0 Å². The topological polar surface area (TPSA) is 189 Å². The van der Waals surface area contributed by atoms with Gasteiger partial charge in [0.15, 0.2) is 6.29 Å². The van der Waals surface area contributed by atoms with Crippen LogP contribution in [0.4, 0.5) is 0 Å². The highest BCUT2D eigenvalue weighted by molar-refractivity contribution is 5.80. The van der Waals surface area contributed by atoms with Crippen LogP contribution in [-0.2, 0) is 14.3 Å². The second-order valence-corrected chi connectivity index (χ2v) is 22.5. The van der Waals surface area contributed by atoms with Gasteiger partial charge in [-0.2, -0.15) is 0 Å². The molecule has 11 heteroatoms. The number of aliphatic hydroxyl groups is 7. The Morgan fingerprint density at radius 1 is 0.466 bits per heavy atom. The minimum atomic E-state index is -1.67. The Balaban J connectivity index is 2.26. The summed E-state index contributed by atoms with van der Waals surface area (Å²) < 4.78 is 11.2. The number of allylic oxidation sites excluding steroid dienone is 2. The van der Waals surface area contributed by atoms with Crippen molar-refractivity contribution in [3.63, 3.8) is 0 Å². The SMILES string of the molecule is CCCCCCCCCCCCCCCCCCCCCCCCC/C=C/CCCC(O)C(O)C(COC1OC(CO)C(O)C(O)C1O)NC(=O)C(O)CCCCCCCCCCCCCCCCCCCC. The van der Waals surface area contributed by atoms with Gasteiger partial charge in [0.2, 0.25) is 5.91 Å². The first-order chi connectivity index (χ1) is 35.7. The van der Waals surface area contributed by atoms with E-state index in [2.05, 4.69) is 31.3 Å². The minimum absolute atomic E-state index is 0.259. The summed E-state index contributed by atoms with van der Waals surface area (Å²) in [6.45, 7) is 3.49. The van der Waals surface area contributed by atoms with Crippen LogP contribution in [0, 0.1) is 0 Å². The zero-order chi connectivity index (χ0) is 53.3. The summed E-state index contributed by atoms with van der Waals surface area (Å²) in [7, 11) is 0. The number of hydrogen-bond donors (Lipinski definition) is 8. The molecule has 0 bridgehead atoms. The maximum atomic E-state index is 13.2. The van der Waals surface area contributed by atoms with Crippen LogP contribution >= 0.6 is 0 Å². The van der Waals surface area contributed by atoms with Crippen LogP contribution in [0.15, 0.2) is 12.2 Å². The van der Waals surface area contributed by atoms with E-state index in [9.17, 15) is 40.5 Å². The molecule has 11 nitrogen and oxygen atoms in total. The Kier molecular flexibility index (Phi) is 49.4. The van der Waals surface area contributed by atoms with Crippen LogP contribution in [0.3, 0.4) is 0 Å². The number of ether oxygens (including phenoxy) is 2. The molecule has 1 heterocycles. The predicted molar refractivity (Wildman–Crippen MR) is 303 cm³/mol. The molecule has 9 unspecified atom stereocenters. The largest absolute Gasteiger partial charge is 0.394 e. The summed E-state index contributed by atoms with van der Waals surface area (Å²) in [6.07, 6.45) is 50.0. The van der Waals surface area contributed by atoms with E-state index in [4.69, 9.17) is 9.47 Å². The third-order valence-corrected chi connectivity index (χ3v) is 15.6. The first-order valence-corrected chi connectivity index (χ1v) is 31.6. The van der Waals surface area contributed by atoms with Gasteiger partial charge in [0.1, 0.15) is 36.6 Å². The zero-order valence-electron chi connectivity index (χ0n) is 47.6. The molecule has 0 spiro atoms. The van der Waals surface area contributed by atoms with Crippen LogP contribution in [-0.4, -0.2) is 110 Å². The first kappa shape index (κ1) is 69.9. The van der Waals surface area contributed by atoms with Gasteiger partial charge < -0.3 is 50.5 Å². The van der Waals surface area contributed by atoms with Crippen LogP contribution < -0.4 is 5.32 Å². The highest BCUT2D eigenvalue weighted by Crippen LogP contribution is 2.24. The van der Waals surface area contributed by atoms with Crippen molar-refractivity contribution in [2.45, 2.75) is 364 Å². The van der Waals surface area contributed by atoms with Gasteiger partial charge in [0.25, 0.3) is 0 Å². The fraction of sp³-hybridized carbons (Fsp3) is 0.952. The number of carbonyl (C=O) groups excluding carboxylic acids is 1. The molecule has 1 saturated heterocycles. The van der Waals surface area contributed by atoms with Crippen LogP contribution in [0.1, 0.15) is 309 Å². The number of unbranched alkanes of at least 4 members (excludes halogenated alkanes) is 41. The predicted octanol–water partition coefficient (Wildman–Crippen LogP) is 13.9. The maximum absolute atomic E-state index is 13.2. The van der Waals surface area contributed by atoms with Gasteiger partial charge in [-0.25, -0.2) is 0 Å². The van der Waals surface area contributed by atoms with Gasteiger partial charge in [-0.05, 0) is 38.5 Å². The standard InChI is InChI=1S/C62H121NO10/c1-3-5-7-9-11-13-15-17-19-21-23-24-25-26-27-28-29-30-31-32-34-35-37-39-41-43-45-47-49-54(65)57(67)53(52-72-62-60(70)59(69)58(68)56(51-64)73-62)63-61(71)55(66)50-48-46-44-42-40-38-36-33-22-20-18-16-14-12-10-8-6-4-2/h41,43,53-60,62,64-70H,3-40,42,44-52H2,1-2H3,(H,63,71)/b43-41+. The fourth-order valence-corrected chi connectivity index (χ4v) is 10.4. The zero-order valence-corrected chi connectivity index (χ0v) is 47.6. The number of carbonyl (C=O) groups is 1. The number of hydrogen-bond acceptors (Lipinski definition) is 10. The van der Waals surface area contributed by atoms with E-state index in [-0.39, 0.29) is 12.8 Å². The summed E-state index contributed by atoms with van der Waals surface area (Å²) in [6, 6.07) is -1.18. The van der Waals surface area contributed by atoms with Gasteiger partial charge >= 0.3 is 0 Å². The summed E-state index contributed by atoms with van der Waals surface area (Å²) in [4.78, 5) is 13.2. The van der Waals surface area contributed by atoms with Gasteiger partial charge in [0, 0.05) is 0 Å². The van der Waals surface area contributed by atoms with E-state index in [1.807, 2.05) is 0 Å². The van der Waals surface area contributed by atoms with Crippen molar-refractivity contribution in [1.82, 2.24) is 5.32 Å². The van der Waals surface area contributed by atoms with Gasteiger partial charge in [0.05, 0.1) is 25.4 Å². The third kappa shape index (κ3) is 39.8. The van der Waals surface area contributed by atoms with E-state index in [1.165, 1.54) is 231 Å². The Hall–Kier alpha value is -1.15.